The molecule has 0 N–H and O–H groups in total. The van der Waals surface area contributed by atoms with Crippen molar-refractivity contribution in [3.05, 3.63) is 29.6 Å². The summed E-state index contributed by atoms with van der Waals surface area (Å²) in [5.41, 5.74) is 1.57. The molecular weight excluding hydrogens is 210 g/mol. The van der Waals surface area contributed by atoms with Crippen molar-refractivity contribution >= 4 is 0 Å². The van der Waals surface area contributed by atoms with E-state index in [-0.39, 0.29) is 12.5 Å². The van der Waals surface area contributed by atoms with Crippen LogP contribution in [0.3, 0.4) is 0 Å². The summed E-state index contributed by atoms with van der Waals surface area (Å²) < 4.78 is 27.9. The molecule has 1 aliphatic heterocycles. The van der Waals surface area contributed by atoms with Gasteiger partial charge < -0.3 is 0 Å². The van der Waals surface area contributed by atoms with Crippen molar-refractivity contribution in [2.24, 2.45) is 5.92 Å². The van der Waals surface area contributed by atoms with Crippen LogP contribution in [-0.4, -0.2) is 29.4 Å². The fraction of sp³-hybridized carbons (Fsp3) is 0.583. The first-order valence-electron chi connectivity index (χ1n) is 5.61. The summed E-state index contributed by atoms with van der Waals surface area (Å²) in [5, 5.41) is 0. The molecule has 2 atom stereocenters. The highest BCUT2D eigenvalue weighted by Crippen LogP contribution is 2.50. The minimum atomic E-state index is -2.60. The molecule has 0 unspecified atom stereocenters. The smallest absolute Gasteiger partial charge is 0.258 e. The van der Waals surface area contributed by atoms with Gasteiger partial charge in [0.15, 0.2) is 0 Å². The van der Waals surface area contributed by atoms with Gasteiger partial charge in [0, 0.05) is 18.2 Å². The summed E-state index contributed by atoms with van der Waals surface area (Å²) in [6, 6.07) is 3.63. The molecule has 0 spiro atoms. The van der Waals surface area contributed by atoms with E-state index in [1.807, 2.05) is 24.1 Å². The summed E-state index contributed by atoms with van der Waals surface area (Å²) in [7, 11) is 1.92. The van der Waals surface area contributed by atoms with Gasteiger partial charge in [-0.1, -0.05) is 6.07 Å². The van der Waals surface area contributed by atoms with Gasteiger partial charge in [-0.25, -0.2) is 8.78 Å². The van der Waals surface area contributed by atoms with Gasteiger partial charge in [0.2, 0.25) is 0 Å². The Kier molecular flexibility index (Phi) is 2.05. The maximum atomic E-state index is 13.9. The van der Waals surface area contributed by atoms with Crippen LogP contribution in [0.15, 0.2) is 18.3 Å². The first-order valence-corrected chi connectivity index (χ1v) is 5.61. The van der Waals surface area contributed by atoms with Crippen LogP contribution in [0.4, 0.5) is 8.78 Å². The Morgan fingerprint density at radius 2 is 2.31 bits per heavy atom. The van der Waals surface area contributed by atoms with Crippen molar-refractivity contribution in [2.75, 3.05) is 13.6 Å². The van der Waals surface area contributed by atoms with Crippen molar-refractivity contribution in [3.8, 4) is 0 Å². The van der Waals surface area contributed by atoms with Gasteiger partial charge in [-0.15, -0.1) is 0 Å². The number of nitrogens with zero attached hydrogens (tertiary/aromatic N) is 2. The Morgan fingerprint density at radius 3 is 3.12 bits per heavy atom. The number of aromatic nitrogens is 1. The number of pyridine rings is 1. The van der Waals surface area contributed by atoms with Crippen molar-refractivity contribution < 1.29 is 8.78 Å². The van der Waals surface area contributed by atoms with E-state index < -0.39 is 11.8 Å². The molecule has 3 rings (SSSR count). The molecule has 2 heterocycles. The molecule has 0 radical (unpaired) electrons. The first kappa shape index (κ1) is 10.1. The zero-order chi connectivity index (χ0) is 11.3. The summed E-state index contributed by atoms with van der Waals surface area (Å²) in [6.07, 6.45) is 1.99. The standard InChI is InChI=1S/C12H14F2N2/c1-16-6-4-9-11(16)8-3-2-5-15-10(8)7-12(9,13)14/h2-3,5,9,11H,4,6-7H2,1H3/t9-,11-/m1/s1. The number of alkyl halides is 2. The van der Waals surface area contributed by atoms with Crippen molar-refractivity contribution in [1.29, 1.82) is 0 Å². The Bertz CT molecular complexity index is 419. The predicted molar refractivity (Wildman–Crippen MR) is 56.4 cm³/mol. The maximum Gasteiger partial charge on any atom is 0.258 e. The molecule has 0 bridgehead atoms. The van der Waals surface area contributed by atoms with E-state index in [9.17, 15) is 8.78 Å². The van der Waals surface area contributed by atoms with E-state index in [4.69, 9.17) is 0 Å². The van der Waals surface area contributed by atoms with Crippen molar-refractivity contribution in [2.45, 2.75) is 24.8 Å². The highest BCUT2D eigenvalue weighted by atomic mass is 19.3. The second kappa shape index (κ2) is 3.23. The van der Waals surface area contributed by atoms with Crippen LogP contribution in [-0.2, 0) is 6.42 Å². The zero-order valence-electron chi connectivity index (χ0n) is 9.16. The summed E-state index contributed by atoms with van der Waals surface area (Å²) in [6.45, 7) is 0.749. The van der Waals surface area contributed by atoms with E-state index in [0.29, 0.717) is 12.1 Å². The second-order valence-electron chi connectivity index (χ2n) is 4.80. The first-order chi connectivity index (χ1) is 7.59. The minimum Gasteiger partial charge on any atom is -0.299 e. The molecule has 4 heteroatoms. The van der Waals surface area contributed by atoms with E-state index in [0.717, 1.165) is 12.1 Å². The van der Waals surface area contributed by atoms with E-state index in [1.165, 1.54) is 0 Å². The topological polar surface area (TPSA) is 16.1 Å². The van der Waals surface area contributed by atoms with Crippen LogP contribution >= 0.6 is 0 Å². The van der Waals surface area contributed by atoms with Gasteiger partial charge in [0.1, 0.15) is 0 Å². The molecule has 1 aromatic rings. The minimum absolute atomic E-state index is 0.146. The van der Waals surface area contributed by atoms with Gasteiger partial charge in [-0.05, 0) is 31.6 Å². The Labute approximate surface area is 93.3 Å². The molecule has 0 aromatic carbocycles. The predicted octanol–water partition coefficient (Wildman–Crippen LogP) is 2.27. The van der Waals surface area contributed by atoms with E-state index in [1.54, 1.807) is 6.20 Å². The van der Waals surface area contributed by atoms with E-state index >= 15 is 0 Å². The van der Waals surface area contributed by atoms with Crippen molar-refractivity contribution in [1.82, 2.24) is 9.88 Å². The third kappa shape index (κ3) is 1.29. The Balaban J connectivity index is 2.13. The Morgan fingerprint density at radius 1 is 1.50 bits per heavy atom. The number of hydrogen-bond donors (Lipinski definition) is 0. The molecule has 2 nitrogen and oxygen atoms in total. The molecular formula is C12H14F2N2. The molecule has 2 aliphatic rings. The SMILES string of the molecule is CN1CC[C@@H]2[C@H]1c1cccnc1CC2(F)F. The fourth-order valence-corrected chi connectivity index (χ4v) is 3.06. The molecule has 1 aliphatic carbocycles. The normalized spacial score (nSPS) is 32.2. The lowest BCUT2D eigenvalue weighted by molar-refractivity contribution is -0.0772. The number of likely N-dealkylation sites (tertiary alicyclic amines) is 1. The van der Waals surface area contributed by atoms with Crippen LogP contribution in [0, 0.1) is 5.92 Å². The highest BCUT2D eigenvalue weighted by molar-refractivity contribution is 5.31. The highest BCUT2D eigenvalue weighted by Gasteiger charge is 2.53. The van der Waals surface area contributed by atoms with Gasteiger partial charge in [0.05, 0.1) is 12.1 Å². The summed E-state index contributed by atoms with van der Waals surface area (Å²) >= 11 is 0. The lowest BCUT2D eigenvalue weighted by Crippen LogP contribution is -2.40. The van der Waals surface area contributed by atoms with Crippen LogP contribution in [0.1, 0.15) is 23.7 Å². The lowest BCUT2D eigenvalue weighted by Gasteiger charge is -2.36. The molecule has 86 valence electrons. The van der Waals surface area contributed by atoms with Gasteiger partial charge in [-0.2, -0.15) is 0 Å². The molecule has 1 aromatic heterocycles. The molecule has 0 saturated carbocycles. The largest absolute Gasteiger partial charge is 0.299 e. The summed E-state index contributed by atoms with van der Waals surface area (Å²) in [4.78, 5) is 6.13. The van der Waals surface area contributed by atoms with Crippen LogP contribution in [0.2, 0.25) is 0 Å². The Hall–Kier alpha value is -1.03. The number of rotatable bonds is 0. The third-order valence-electron chi connectivity index (χ3n) is 3.84. The molecule has 16 heavy (non-hydrogen) atoms. The van der Waals surface area contributed by atoms with Gasteiger partial charge in [0.25, 0.3) is 5.92 Å². The van der Waals surface area contributed by atoms with Crippen LogP contribution in [0.5, 0.6) is 0 Å². The van der Waals surface area contributed by atoms with Crippen LogP contribution in [0.25, 0.3) is 0 Å². The molecule has 0 amide bonds. The number of fused-ring (bicyclic) bond motifs is 3. The molecule has 1 saturated heterocycles. The van der Waals surface area contributed by atoms with Gasteiger partial charge >= 0.3 is 0 Å². The zero-order valence-corrected chi connectivity index (χ0v) is 9.16. The monoisotopic (exact) mass is 224 g/mol. The quantitative estimate of drug-likeness (QED) is 0.672. The molecule has 1 fully saturated rings. The fourth-order valence-electron chi connectivity index (χ4n) is 3.06. The maximum absolute atomic E-state index is 13.9. The van der Waals surface area contributed by atoms with Crippen molar-refractivity contribution in [3.63, 3.8) is 0 Å². The lowest BCUT2D eigenvalue weighted by atomic mass is 9.79. The van der Waals surface area contributed by atoms with Crippen LogP contribution < -0.4 is 0 Å². The second-order valence-corrected chi connectivity index (χ2v) is 4.80. The third-order valence-corrected chi connectivity index (χ3v) is 3.84. The van der Waals surface area contributed by atoms with E-state index in [2.05, 4.69) is 4.98 Å². The number of hydrogen-bond acceptors (Lipinski definition) is 2. The summed E-state index contributed by atoms with van der Waals surface area (Å²) in [5.74, 6) is -3.13. The van der Waals surface area contributed by atoms with Gasteiger partial charge in [-0.3, -0.25) is 9.88 Å². The average Bonchev–Trinajstić information content (AvgIpc) is 2.61. The average molecular weight is 224 g/mol. The number of halogens is 2.